The highest BCUT2D eigenvalue weighted by atomic mass is 35.5. The number of methoxy groups -OCH3 is 2. The lowest BCUT2D eigenvalue weighted by Crippen LogP contribution is -2.12. The Hall–Kier alpha value is -3.51. The molecule has 0 saturated carbocycles. The van der Waals surface area contributed by atoms with Crippen LogP contribution in [0.3, 0.4) is 0 Å². The summed E-state index contributed by atoms with van der Waals surface area (Å²) in [5, 5.41) is 3.35. The molecule has 0 radical (unpaired) electrons. The van der Waals surface area contributed by atoms with Gasteiger partial charge in [0.15, 0.2) is 11.5 Å². The molecule has 0 aliphatic carbocycles. The molecule has 1 N–H and O–H groups in total. The number of halogens is 1. The molecule has 0 aliphatic heterocycles. The van der Waals surface area contributed by atoms with Crippen molar-refractivity contribution in [3.63, 3.8) is 0 Å². The smallest absolute Gasteiger partial charge is 0.343 e. The number of carbonyl (C=O) groups is 2. The van der Waals surface area contributed by atoms with Crippen molar-refractivity contribution < 1.29 is 23.8 Å². The van der Waals surface area contributed by atoms with Crippen LogP contribution >= 0.6 is 11.6 Å². The molecule has 6 nitrogen and oxygen atoms in total. The van der Waals surface area contributed by atoms with Crippen molar-refractivity contribution in [2.24, 2.45) is 0 Å². The standard InChI is InChI=1S/C22H18ClNO5/c1-27-19-12-5-15(13-20(19)28-2)22(26)29-18-10-3-14(4-11-18)21(25)24-17-8-6-16(23)7-9-17/h3-13H,1-2H3,(H,24,25). The van der Waals surface area contributed by atoms with E-state index in [1.807, 2.05) is 0 Å². The van der Waals surface area contributed by atoms with Crippen LogP contribution in [0.4, 0.5) is 5.69 Å². The van der Waals surface area contributed by atoms with Gasteiger partial charge < -0.3 is 19.5 Å². The molecule has 0 unspecified atom stereocenters. The van der Waals surface area contributed by atoms with E-state index in [0.29, 0.717) is 39.1 Å². The first-order chi connectivity index (χ1) is 14.0. The van der Waals surface area contributed by atoms with Crippen molar-refractivity contribution in [3.8, 4) is 17.2 Å². The average molecular weight is 412 g/mol. The summed E-state index contributed by atoms with van der Waals surface area (Å²) in [6, 6.07) is 17.8. The molecule has 0 saturated heterocycles. The van der Waals surface area contributed by atoms with Crippen LogP contribution in [0.25, 0.3) is 0 Å². The summed E-state index contributed by atoms with van der Waals surface area (Å²) >= 11 is 5.83. The van der Waals surface area contributed by atoms with Crippen molar-refractivity contribution in [3.05, 3.63) is 82.9 Å². The van der Waals surface area contributed by atoms with Gasteiger partial charge in [0, 0.05) is 16.3 Å². The number of nitrogens with one attached hydrogen (secondary N) is 1. The van der Waals surface area contributed by atoms with E-state index in [9.17, 15) is 9.59 Å². The van der Waals surface area contributed by atoms with Gasteiger partial charge in [-0.25, -0.2) is 4.79 Å². The average Bonchev–Trinajstić information content (AvgIpc) is 2.75. The summed E-state index contributed by atoms with van der Waals surface area (Å²) in [7, 11) is 3.00. The fraction of sp³-hybridized carbons (Fsp3) is 0.0909. The lowest BCUT2D eigenvalue weighted by molar-refractivity contribution is 0.0734. The molecule has 0 heterocycles. The Kier molecular flexibility index (Phi) is 6.36. The highest BCUT2D eigenvalue weighted by molar-refractivity contribution is 6.30. The molecule has 148 valence electrons. The van der Waals surface area contributed by atoms with Crippen molar-refractivity contribution in [2.75, 3.05) is 19.5 Å². The Bertz CT molecular complexity index is 1020. The SMILES string of the molecule is COc1ccc(C(=O)Oc2ccc(C(=O)Nc3ccc(Cl)cc3)cc2)cc1OC. The van der Waals surface area contributed by atoms with Crippen LogP contribution < -0.4 is 19.5 Å². The lowest BCUT2D eigenvalue weighted by Gasteiger charge is -2.10. The first-order valence-corrected chi connectivity index (χ1v) is 8.99. The van der Waals surface area contributed by atoms with Crippen molar-refractivity contribution >= 4 is 29.2 Å². The lowest BCUT2D eigenvalue weighted by atomic mass is 10.2. The molecular formula is C22H18ClNO5. The quantitative estimate of drug-likeness (QED) is 0.464. The van der Waals surface area contributed by atoms with Crippen LogP contribution in [0, 0.1) is 0 Å². The van der Waals surface area contributed by atoms with Gasteiger partial charge in [-0.2, -0.15) is 0 Å². The summed E-state index contributed by atoms with van der Waals surface area (Å²) < 4.78 is 15.7. The topological polar surface area (TPSA) is 73.9 Å². The number of esters is 1. The molecule has 0 aromatic heterocycles. The van der Waals surface area contributed by atoms with Gasteiger partial charge in [0.1, 0.15) is 5.75 Å². The number of ether oxygens (including phenoxy) is 3. The molecule has 0 spiro atoms. The van der Waals surface area contributed by atoms with Gasteiger partial charge in [-0.05, 0) is 66.7 Å². The highest BCUT2D eigenvalue weighted by Crippen LogP contribution is 2.28. The predicted octanol–water partition coefficient (Wildman–Crippen LogP) is 4.83. The molecule has 3 aromatic rings. The fourth-order valence-corrected chi connectivity index (χ4v) is 2.67. The number of carbonyl (C=O) groups excluding carboxylic acids is 2. The van der Waals surface area contributed by atoms with Crippen LogP contribution in [0.15, 0.2) is 66.7 Å². The van der Waals surface area contributed by atoms with E-state index in [4.69, 9.17) is 25.8 Å². The Balaban J connectivity index is 1.66. The van der Waals surface area contributed by atoms with Gasteiger partial charge in [-0.3, -0.25) is 4.79 Å². The Morgan fingerprint density at radius 3 is 2.03 bits per heavy atom. The maximum absolute atomic E-state index is 12.4. The second-order valence-corrected chi connectivity index (χ2v) is 6.38. The maximum atomic E-state index is 12.4. The summed E-state index contributed by atoms with van der Waals surface area (Å²) in [4.78, 5) is 24.7. The van der Waals surface area contributed by atoms with E-state index in [0.717, 1.165) is 0 Å². The van der Waals surface area contributed by atoms with Crippen LogP contribution in [0.1, 0.15) is 20.7 Å². The summed E-state index contributed by atoms with van der Waals surface area (Å²) in [5.74, 6) is 0.415. The van der Waals surface area contributed by atoms with E-state index in [1.165, 1.54) is 20.3 Å². The zero-order chi connectivity index (χ0) is 20.8. The zero-order valence-electron chi connectivity index (χ0n) is 15.8. The van der Waals surface area contributed by atoms with Gasteiger partial charge >= 0.3 is 5.97 Å². The third kappa shape index (κ3) is 5.06. The molecule has 1 amide bonds. The molecule has 0 aliphatic rings. The van der Waals surface area contributed by atoms with Crippen molar-refractivity contribution in [2.45, 2.75) is 0 Å². The van der Waals surface area contributed by atoms with Crippen molar-refractivity contribution in [1.29, 1.82) is 0 Å². The molecule has 29 heavy (non-hydrogen) atoms. The van der Waals surface area contributed by atoms with Crippen LogP contribution in [0.5, 0.6) is 17.2 Å². The number of amides is 1. The monoisotopic (exact) mass is 411 g/mol. The van der Waals surface area contributed by atoms with E-state index in [2.05, 4.69) is 5.32 Å². The number of hydrogen-bond donors (Lipinski definition) is 1. The molecule has 3 aromatic carbocycles. The van der Waals surface area contributed by atoms with Crippen LogP contribution in [-0.4, -0.2) is 26.1 Å². The molecular weight excluding hydrogens is 394 g/mol. The third-order valence-corrected chi connectivity index (χ3v) is 4.30. The zero-order valence-corrected chi connectivity index (χ0v) is 16.5. The van der Waals surface area contributed by atoms with Crippen LogP contribution in [0.2, 0.25) is 5.02 Å². The normalized spacial score (nSPS) is 10.2. The summed E-state index contributed by atoms with van der Waals surface area (Å²) in [5.41, 5.74) is 1.36. The second kappa shape index (κ2) is 9.12. The third-order valence-electron chi connectivity index (χ3n) is 4.05. The minimum atomic E-state index is -0.552. The van der Waals surface area contributed by atoms with Gasteiger partial charge in [-0.15, -0.1) is 0 Å². The van der Waals surface area contributed by atoms with E-state index >= 15 is 0 Å². The minimum Gasteiger partial charge on any atom is -0.493 e. The van der Waals surface area contributed by atoms with Gasteiger partial charge in [0.05, 0.1) is 19.8 Å². The molecule has 7 heteroatoms. The minimum absolute atomic E-state index is 0.287. The number of rotatable bonds is 6. The van der Waals surface area contributed by atoms with Gasteiger partial charge in [0.25, 0.3) is 5.91 Å². The number of anilines is 1. The maximum Gasteiger partial charge on any atom is 0.343 e. The molecule has 0 atom stereocenters. The molecule has 0 bridgehead atoms. The number of hydrogen-bond acceptors (Lipinski definition) is 5. The highest BCUT2D eigenvalue weighted by Gasteiger charge is 2.13. The van der Waals surface area contributed by atoms with Crippen molar-refractivity contribution in [1.82, 2.24) is 0 Å². The van der Waals surface area contributed by atoms with E-state index < -0.39 is 5.97 Å². The number of benzene rings is 3. The first-order valence-electron chi connectivity index (χ1n) is 8.61. The largest absolute Gasteiger partial charge is 0.493 e. The molecule has 0 fully saturated rings. The van der Waals surface area contributed by atoms with E-state index in [1.54, 1.807) is 60.7 Å². The summed E-state index contributed by atoms with van der Waals surface area (Å²) in [6.07, 6.45) is 0. The molecule has 3 rings (SSSR count). The van der Waals surface area contributed by atoms with Gasteiger partial charge in [0.2, 0.25) is 0 Å². The second-order valence-electron chi connectivity index (χ2n) is 5.94. The summed E-state index contributed by atoms with van der Waals surface area (Å²) in [6.45, 7) is 0. The Morgan fingerprint density at radius 2 is 1.41 bits per heavy atom. The van der Waals surface area contributed by atoms with Gasteiger partial charge in [-0.1, -0.05) is 11.6 Å². The Labute approximate surface area is 173 Å². The fourth-order valence-electron chi connectivity index (χ4n) is 2.54. The van der Waals surface area contributed by atoms with Crippen LogP contribution in [-0.2, 0) is 0 Å². The van der Waals surface area contributed by atoms with E-state index in [-0.39, 0.29) is 5.91 Å². The first kappa shape index (κ1) is 20.2. The predicted molar refractivity (Wildman–Crippen MR) is 110 cm³/mol. The Morgan fingerprint density at radius 1 is 0.793 bits per heavy atom.